The molecule has 1 aromatic carbocycles. The van der Waals surface area contributed by atoms with E-state index in [-0.39, 0.29) is 11.6 Å². The molecule has 0 saturated heterocycles. The Labute approximate surface area is 115 Å². The van der Waals surface area contributed by atoms with Gasteiger partial charge in [0.05, 0.1) is 4.48 Å². The smallest absolute Gasteiger partial charge is 0.211 e. The number of nitrogens with zero attached hydrogens (tertiary/aromatic N) is 1. The first-order valence-electron chi connectivity index (χ1n) is 5.87. The molecular formula is C14H14BrNO2. The highest BCUT2D eigenvalue weighted by Gasteiger charge is 2.32. The van der Waals surface area contributed by atoms with Gasteiger partial charge in [0.1, 0.15) is 5.70 Å². The zero-order valence-electron chi connectivity index (χ0n) is 10.4. The van der Waals surface area contributed by atoms with Crippen LogP contribution in [0.3, 0.4) is 0 Å². The zero-order chi connectivity index (χ0) is 13.3. The van der Waals surface area contributed by atoms with Crippen molar-refractivity contribution in [3.8, 4) is 0 Å². The first-order valence-corrected chi connectivity index (χ1v) is 6.66. The maximum atomic E-state index is 12.4. The molecule has 0 amide bonds. The summed E-state index contributed by atoms with van der Waals surface area (Å²) < 4.78 is 0.363. The van der Waals surface area contributed by atoms with Gasteiger partial charge in [-0.25, -0.2) is 0 Å². The number of carbonyl (C=O) groups is 2. The molecule has 0 aromatic heterocycles. The van der Waals surface area contributed by atoms with Crippen LogP contribution in [0.25, 0.3) is 0 Å². The van der Waals surface area contributed by atoms with Crippen LogP contribution in [0.4, 0.5) is 0 Å². The number of allylic oxidation sites excluding steroid dienone is 2. The van der Waals surface area contributed by atoms with Crippen molar-refractivity contribution in [1.82, 2.24) is 4.90 Å². The van der Waals surface area contributed by atoms with Gasteiger partial charge in [-0.05, 0) is 22.4 Å². The quantitative estimate of drug-likeness (QED) is 0.861. The number of benzene rings is 1. The Kier molecular flexibility index (Phi) is 3.66. The van der Waals surface area contributed by atoms with Crippen LogP contribution in [0.15, 0.2) is 34.4 Å². The Morgan fingerprint density at radius 2 is 1.67 bits per heavy atom. The van der Waals surface area contributed by atoms with E-state index in [4.69, 9.17) is 0 Å². The maximum Gasteiger partial charge on any atom is 0.211 e. The van der Waals surface area contributed by atoms with Crippen molar-refractivity contribution in [2.45, 2.75) is 13.3 Å². The van der Waals surface area contributed by atoms with E-state index in [1.807, 2.05) is 18.9 Å². The SMILES string of the molecule is CCCN(C)C1=C(Br)C(=O)c2ccccc2C1=O. The molecule has 0 atom stereocenters. The summed E-state index contributed by atoms with van der Waals surface area (Å²) in [6, 6.07) is 6.94. The third-order valence-electron chi connectivity index (χ3n) is 2.98. The molecule has 0 bridgehead atoms. The van der Waals surface area contributed by atoms with E-state index in [1.165, 1.54) is 0 Å². The normalized spacial score (nSPS) is 14.8. The highest BCUT2D eigenvalue weighted by molar-refractivity contribution is 9.12. The van der Waals surface area contributed by atoms with Crippen LogP contribution in [-0.2, 0) is 0 Å². The summed E-state index contributed by atoms with van der Waals surface area (Å²) in [5.41, 5.74) is 1.42. The molecule has 0 saturated carbocycles. The lowest BCUT2D eigenvalue weighted by molar-refractivity contribution is 0.0955. The van der Waals surface area contributed by atoms with Crippen molar-refractivity contribution in [3.63, 3.8) is 0 Å². The van der Waals surface area contributed by atoms with Crippen LogP contribution in [0.1, 0.15) is 34.1 Å². The van der Waals surface area contributed by atoms with Crippen LogP contribution in [0.2, 0.25) is 0 Å². The zero-order valence-corrected chi connectivity index (χ0v) is 12.0. The molecule has 0 aliphatic heterocycles. The molecule has 0 heterocycles. The van der Waals surface area contributed by atoms with E-state index in [1.54, 1.807) is 24.3 Å². The maximum absolute atomic E-state index is 12.4. The second-order valence-corrected chi connectivity index (χ2v) is 5.08. The molecule has 0 N–H and O–H groups in total. The molecule has 0 fully saturated rings. The van der Waals surface area contributed by atoms with Gasteiger partial charge in [-0.15, -0.1) is 0 Å². The summed E-state index contributed by atoms with van der Waals surface area (Å²) >= 11 is 3.27. The fourth-order valence-corrected chi connectivity index (χ4v) is 2.82. The van der Waals surface area contributed by atoms with Gasteiger partial charge < -0.3 is 4.90 Å². The minimum atomic E-state index is -0.122. The molecule has 3 nitrogen and oxygen atoms in total. The molecular weight excluding hydrogens is 294 g/mol. The fourth-order valence-electron chi connectivity index (χ4n) is 2.12. The lowest BCUT2D eigenvalue weighted by Gasteiger charge is -2.26. The Bertz CT molecular complexity index is 548. The minimum Gasteiger partial charge on any atom is -0.370 e. The average Bonchev–Trinajstić information content (AvgIpc) is 2.37. The van der Waals surface area contributed by atoms with E-state index >= 15 is 0 Å². The number of hydrogen-bond acceptors (Lipinski definition) is 3. The van der Waals surface area contributed by atoms with Gasteiger partial charge in [-0.3, -0.25) is 9.59 Å². The number of hydrogen-bond donors (Lipinski definition) is 0. The van der Waals surface area contributed by atoms with Gasteiger partial charge in [0.25, 0.3) is 0 Å². The standard InChI is InChI=1S/C14H14BrNO2/c1-3-8-16(2)12-11(15)13(17)9-6-4-5-7-10(9)14(12)18/h4-7H,3,8H2,1-2H3. The van der Waals surface area contributed by atoms with Crippen molar-refractivity contribution < 1.29 is 9.59 Å². The minimum absolute atomic E-state index is 0.0898. The van der Waals surface area contributed by atoms with Crippen molar-refractivity contribution in [2.75, 3.05) is 13.6 Å². The molecule has 94 valence electrons. The van der Waals surface area contributed by atoms with E-state index < -0.39 is 0 Å². The number of carbonyl (C=O) groups excluding carboxylic acids is 2. The molecule has 1 aliphatic carbocycles. The number of halogens is 1. The Morgan fingerprint density at radius 1 is 1.11 bits per heavy atom. The predicted molar refractivity (Wildman–Crippen MR) is 74.0 cm³/mol. The van der Waals surface area contributed by atoms with E-state index in [0.717, 1.165) is 13.0 Å². The van der Waals surface area contributed by atoms with Crippen LogP contribution in [-0.4, -0.2) is 30.1 Å². The van der Waals surface area contributed by atoms with Crippen LogP contribution < -0.4 is 0 Å². The number of ketones is 2. The average molecular weight is 308 g/mol. The van der Waals surface area contributed by atoms with Crippen molar-refractivity contribution in [1.29, 1.82) is 0 Å². The highest BCUT2D eigenvalue weighted by Crippen LogP contribution is 2.30. The monoisotopic (exact) mass is 307 g/mol. The summed E-state index contributed by atoms with van der Waals surface area (Å²) in [5.74, 6) is -0.212. The Morgan fingerprint density at radius 3 is 2.22 bits per heavy atom. The van der Waals surface area contributed by atoms with Gasteiger partial charge >= 0.3 is 0 Å². The second kappa shape index (κ2) is 5.06. The first-order chi connectivity index (χ1) is 8.57. The largest absolute Gasteiger partial charge is 0.370 e. The molecule has 1 aromatic rings. The predicted octanol–water partition coefficient (Wildman–Crippen LogP) is 3.01. The van der Waals surface area contributed by atoms with E-state index in [0.29, 0.717) is 21.3 Å². The fraction of sp³-hybridized carbons (Fsp3) is 0.286. The molecule has 18 heavy (non-hydrogen) atoms. The Hall–Kier alpha value is -1.42. The van der Waals surface area contributed by atoms with Gasteiger partial charge in [0.2, 0.25) is 11.6 Å². The van der Waals surface area contributed by atoms with Crippen molar-refractivity contribution in [2.24, 2.45) is 0 Å². The number of likely N-dealkylation sites (N-methyl/N-ethyl adjacent to an activating group) is 1. The van der Waals surface area contributed by atoms with Crippen LogP contribution in [0, 0.1) is 0 Å². The highest BCUT2D eigenvalue weighted by atomic mass is 79.9. The molecule has 1 aliphatic rings. The Balaban J connectivity index is 2.53. The number of rotatable bonds is 3. The van der Waals surface area contributed by atoms with E-state index in [2.05, 4.69) is 15.9 Å². The molecule has 0 spiro atoms. The first kappa shape index (κ1) is 13.0. The second-order valence-electron chi connectivity index (χ2n) is 4.29. The number of Topliss-reactive ketones (excluding diaryl/α,β-unsaturated/α-hetero) is 2. The third-order valence-corrected chi connectivity index (χ3v) is 3.72. The van der Waals surface area contributed by atoms with Crippen molar-refractivity contribution in [3.05, 3.63) is 45.6 Å². The summed E-state index contributed by atoms with van der Waals surface area (Å²) in [6.45, 7) is 2.78. The lowest BCUT2D eigenvalue weighted by Crippen LogP contribution is -2.31. The van der Waals surface area contributed by atoms with Gasteiger partial charge in [0.15, 0.2) is 0 Å². The topological polar surface area (TPSA) is 37.4 Å². The summed E-state index contributed by atoms with van der Waals surface area (Å²) in [4.78, 5) is 26.4. The van der Waals surface area contributed by atoms with Crippen LogP contribution in [0.5, 0.6) is 0 Å². The van der Waals surface area contributed by atoms with Gasteiger partial charge in [-0.2, -0.15) is 0 Å². The summed E-state index contributed by atoms with van der Waals surface area (Å²) in [7, 11) is 1.83. The molecule has 0 unspecified atom stereocenters. The van der Waals surface area contributed by atoms with Crippen molar-refractivity contribution >= 4 is 27.5 Å². The summed E-state index contributed by atoms with van der Waals surface area (Å²) in [5, 5.41) is 0. The molecule has 4 heteroatoms. The van der Waals surface area contributed by atoms with Gasteiger partial charge in [0, 0.05) is 24.7 Å². The van der Waals surface area contributed by atoms with Gasteiger partial charge in [-0.1, -0.05) is 31.2 Å². The molecule has 2 rings (SSSR count). The lowest BCUT2D eigenvalue weighted by atomic mass is 9.92. The van der Waals surface area contributed by atoms with E-state index in [9.17, 15) is 9.59 Å². The number of fused-ring (bicyclic) bond motifs is 1. The summed E-state index contributed by atoms with van der Waals surface area (Å²) in [6.07, 6.45) is 0.920. The van der Waals surface area contributed by atoms with Crippen LogP contribution >= 0.6 is 15.9 Å². The third kappa shape index (κ3) is 2.01. The molecule has 0 radical (unpaired) electrons.